The normalized spacial score (nSPS) is 11.4. The first-order valence-electron chi connectivity index (χ1n) is 4.62. The Morgan fingerprint density at radius 3 is 2.88 bits per heavy atom. The Bertz CT molecular complexity index is 705. The Morgan fingerprint density at radius 2 is 2.06 bits per heavy atom. The van der Waals surface area contributed by atoms with Gasteiger partial charge in [0.15, 0.2) is 0 Å². The average molecular weight is 300 g/mol. The van der Waals surface area contributed by atoms with Gasteiger partial charge in [0.25, 0.3) is 0 Å². The fourth-order valence-electron chi connectivity index (χ4n) is 1.81. The average Bonchev–Trinajstić information content (AvgIpc) is 2.58. The summed E-state index contributed by atoms with van der Waals surface area (Å²) in [6.45, 7) is 0. The van der Waals surface area contributed by atoms with Crippen molar-refractivity contribution in [3.8, 4) is 0 Å². The van der Waals surface area contributed by atoms with Gasteiger partial charge in [0.2, 0.25) is 0 Å². The van der Waals surface area contributed by atoms with Crippen molar-refractivity contribution in [3.63, 3.8) is 0 Å². The predicted molar refractivity (Wildman–Crippen MR) is 66.4 cm³/mol. The monoisotopic (exact) mass is 298 g/mol. The largest absolute Gasteiger partial charge is 0.455 e. The minimum absolute atomic E-state index is 0.318. The Kier molecular flexibility index (Phi) is 2.19. The molecule has 0 aliphatic rings. The van der Waals surface area contributed by atoms with Crippen molar-refractivity contribution >= 4 is 49.5 Å². The second-order valence-electron chi connectivity index (χ2n) is 3.48. The van der Waals surface area contributed by atoms with Gasteiger partial charge in [0.1, 0.15) is 17.0 Å². The molecule has 0 spiro atoms. The molecular formula is C12H5BrClFO. The summed E-state index contributed by atoms with van der Waals surface area (Å²) in [6, 6.07) is 8.18. The highest BCUT2D eigenvalue weighted by Gasteiger charge is 2.13. The Balaban J connectivity index is 2.63. The van der Waals surface area contributed by atoms with Gasteiger partial charge in [0, 0.05) is 10.8 Å². The maximum atomic E-state index is 13.3. The number of benzene rings is 2. The van der Waals surface area contributed by atoms with Crippen LogP contribution in [0.2, 0.25) is 5.02 Å². The predicted octanol–water partition coefficient (Wildman–Crippen LogP) is 5.14. The molecule has 1 nitrogen and oxygen atoms in total. The molecule has 0 amide bonds. The minimum atomic E-state index is -0.318. The van der Waals surface area contributed by atoms with Crippen molar-refractivity contribution < 1.29 is 8.81 Å². The van der Waals surface area contributed by atoms with Gasteiger partial charge < -0.3 is 4.42 Å². The summed E-state index contributed by atoms with van der Waals surface area (Å²) < 4.78 is 19.5. The van der Waals surface area contributed by atoms with Crippen LogP contribution in [0.15, 0.2) is 39.2 Å². The number of rotatable bonds is 0. The maximum absolute atomic E-state index is 13.3. The number of furan rings is 1. The molecule has 0 atom stereocenters. The van der Waals surface area contributed by atoms with Crippen LogP contribution in [0.3, 0.4) is 0 Å². The van der Waals surface area contributed by atoms with Crippen molar-refractivity contribution in [2.45, 2.75) is 0 Å². The van der Waals surface area contributed by atoms with E-state index in [1.165, 1.54) is 12.1 Å². The molecule has 0 radical (unpaired) electrons. The Labute approximate surface area is 104 Å². The third-order valence-corrected chi connectivity index (χ3v) is 3.37. The van der Waals surface area contributed by atoms with Gasteiger partial charge in [-0.25, -0.2) is 4.39 Å². The minimum Gasteiger partial charge on any atom is -0.455 e. The second kappa shape index (κ2) is 3.47. The van der Waals surface area contributed by atoms with Crippen LogP contribution < -0.4 is 0 Å². The van der Waals surface area contributed by atoms with Gasteiger partial charge in [-0.15, -0.1) is 0 Å². The van der Waals surface area contributed by atoms with Crippen LogP contribution in [0.25, 0.3) is 21.9 Å². The van der Waals surface area contributed by atoms with E-state index < -0.39 is 0 Å². The lowest BCUT2D eigenvalue weighted by molar-refractivity contribution is 0.624. The van der Waals surface area contributed by atoms with Crippen LogP contribution in [-0.4, -0.2) is 0 Å². The summed E-state index contributed by atoms with van der Waals surface area (Å²) in [5, 5.41) is 2.00. The summed E-state index contributed by atoms with van der Waals surface area (Å²) in [5.41, 5.74) is 1.28. The van der Waals surface area contributed by atoms with Crippen molar-refractivity contribution in [1.29, 1.82) is 0 Å². The van der Waals surface area contributed by atoms with E-state index >= 15 is 0 Å². The van der Waals surface area contributed by atoms with Crippen LogP contribution in [0.1, 0.15) is 0 Å². The van der Waals surface area contributed by atoms with E-state index in [2.05, 4.69) is 15.9 Å². The van der Waals surface area contributed by atoms with Crippen molar-refractivity contribution in [1.82, 2.24) is 0 Å². The van der Waals surface area contributed by atoms with E-state index in [0.29, 0.717) is 26.0 Å². The molecule has 0 bridgehead atoms. The Hall–Kier alpha value is -1.06. The summed E-state index contributed by atoms with van der Waals surface area (Å²) in [7, 11) is 0. The lowest BCUT2D eigenvalue weighted by Gasteiger charge is -1.94. The number of halogens is 3. The summed E-state index contributed by atoms with van der Waals surface area (Å²) in [4.78, 5) is 0. The van der Waals surface area contributed by atoms with Gasteiger partial charge in [-0.2, -0.15) is 0 Å². The zero-order valence-electron chi connectivity index (χ0n) is 7.93. The molecule has 1 aromatic heterocycles. The molecule has 4 heteroatoms. The molecule has 0 saturated carbocycles. The molecule has 2 aromatic carbocycles. The number of hydrogen-bond donors (Lipinski definition) is 0. The third-order valence-electron chi connectivity index (χ3n) is 2.47. The molecule has 0 N–H and O–H groups in total. The highest BCUT2D eigenvalue weighted by atomic mass is 79.9. The van der Waals surface area contributed by atoms with Crippen LogP contribution >= 0.6 is 27.5 Å². The summed E-state index contributed by atoms with van der Waals surface area (Å²) >= 11 is 9.36. The van der Waals surface area contributed by atoms with Crippen molar-refractivity contribution in [2.24, 2.45) is 0 Å². The SMILES string of the molecule is Fc1cc(Br)c2oc3cccc(Cl)c3c2c1. The first-order valence-corrected chi connectivity index (χ1v) is 5.79. The van der Waals surface area contributed by atoms with E-state index in [0.717, 1.165) is 5.39 Å². The third kappa shape index (κ3) is 1.35. The molecule has 0 aliphatic carbocycles. The Morgan fingerprint density at radius 1 is 1.25 bits per heavy atom. The summed E-state index contributed by atoms with van der Waals surface area (Å²) in [5.74, 6) is -0.318. The van der Waals surface area contributed by atoms with Gasteiger partial charge >= 0.3 is 0 Å². The fourth-order valence-corrected chi connectivity index (χ4v) is 2.59. The molecule has 3 rings (SSSR count). The quantitative estimate of drug-likeness (QED) is 0.560. The van der Waals surface area contributed by atoms with Crippen molar-refractivity contribution in [2.75, 3.05) is 0 Å². The maximum Gasteiger partial charge on any atom is 0.149 e. The van der Waals surface area contributed by atoms with E-state index in [1.54, 1.807) is 12.1 Å². The van der Waals surface area contributed by atoms with Gasteiger partial charge in [-0.05, 0) is 40.2 Å². The molecule has 1 heterocycles. The summed E-state index contributed by atoms with van der Waals surface area (Å²) in [6.07, 6.45) is 0. The molecular weight excluding hydrogens is 294 g/mol. The smallest absolute Gasteiger partial charge is 0.149 e. The number of fused-ring (bicyclic) bond motifs is 3. The highest BCUT2D eigenvalue weighted by molar-refractivity contribution is 9.10. The molecule has 0 fully saturated rings. The van der Waals surface area contributed by atoms with Crippen LogP contribution in [0, 0.1) is 5.82 Å². The molecule has 0 saturated heterocycles. The van der Waals surface area contributed by atoms with Crippen LogP contribution in [0.5, 0.6) is 0 Å². The van der Waals surface area contributed by atoms with Crippen LogP contribution in [-0.2, 0) is 0 Å². The van der Waals surface area contributed by atoms with Gasteiger partial charge in [-0.3, -0.25) is 0 Å². The zero-order valence-corrected chi connectivity index (χ0v) is 10.3. The fraction of sp³-hybridized carbons (Fsp3) is 0. The van der Waals surface area contributed by atoms with E-state index in [9.17, 15) is 4.39 Å². The first kappa shape index (κ1) is 10.1. The topological polar surface area (TPSA) is 13.1 Å². The van der Waals surface area contributed by atoms with E-state index in [4.69, 9.17) is 16.0 Å². The molecule has 16 heavy (non-hydrogen) atoms. The molecule has 0 aliphatic heterocycles. The molecule has 0 unspecified atom stereocenters. The lowest BCUT2D eigenvalue weighted by Crippen LogP contribution is -1.75. The molecule has 3 aromatic rings. The van der Waals surface area contributed by atoms with E-state index in [-0.39, 0.29) is 5.82 Å². The van der Waals surface area contributed by atoms with E-state index in [1.807, 2.05) is 6.07 Å². The van der Waals surface area contributed by atoms with Gasteiger partial charge in [0.05, 0.1) is 9.50 Å². The van der Waals surface area contributed by atoms with Gasteiger partial charge in [-0.1, -0.05) is 17.7 Å². The molecule has 80 valence electrons. The van der Waals surface area contributed by atoms with Crippen molar-refractivity contribution in [3.05, 3.63) is 45.6 Å². The number of hydrogen-bond acceptors (Lipinski definition) is 1. The lowest BCUT2D eigenvalue weighted by atomic mass is 10.1. The zero-order chi connectivity index (χ0) is 11.3. The van der Waals surface area contributed by atoms with Crippen LogP contribution in [0.4, 0.5) is 4.39 Å². The first-order chi connectivity index (χ1) is 7.66. The highest BCUT2D eigenvalue weighted by Crippen LogP contribution is 2.37. The second-order valence-corrected chi connectivity index (χ2v) is 4.74. The standard InChI is InChI=1S/C12H5BrClFO/c13-8-5-6(15)4-7-11-9(14)2-1-3-10(11)16-12(7)8/h1-5H.